The van der Waals surface area contributed by atoms with Crippen molar-refractivity contribution >= 4 is 11.6 Å². The zero-order valence-corrected chi connectivity index (χ0v) is 14.7. The van der Waals surface area contributed by atoms with Crippen LogP contribution >= 0.6 is 11.6 Å². The molecule has 136 valence electrons. The van der Waals surface area contributed by atoms with Crippen LogP contribution < -0.4 is 15.9 Å². The minimum atomic E-state index is -2.38. The number of benzene rings is 1. The molecule has 10 heteroatoms. The van der Waals surface area contributed by atoms with Crippen molar-refractivity contribution in [3.8, 4) is 0 Å². The van der Waals surface area contributed by atoms with Crippen molar-refractivity contribution in [3.05, 3.63) is 73.9 Å². The number of nitrogens with zero attached hydrogens (tertiary/aromatic N) is 5. The van der Waals surface area contributed by atoms with Crippen molar-refractivity contribution < 1.29 is 16.9 Å². The molecule has 1 aromatic carbocycles. The summed E-state index contributed by atoms with van der Waals surface area (Å²) in [5, 5.41) is 14.4. The van der Waals surface area contributed by atoms with E-state index in [4.69, 9.17) is 18.9 Å². The fourth-order valence-corrected chi connectivity index (χ4v) is 2.45. The minimum Gasteiger partial charge on any atom is -0.388 e. The number of aromatic nitrogens is 5. The van der Waals surface area contributed by atoms with E-state index in [1.54, 1.807) is 0 Å². The maximum atomic E-state index is 12.2. The van der Waals surface area contributed by atoms with Gasteiger partial charge in [-0.3, -0.25) is 0 Å². The molecular weight excluding hydrogens is 362 g/mol. The fraction of sp³-hybridized carbons (Fsp3) is 0.312. The summed E-state index contributed by atoms with van der Waals surface area (Å²) in [6.45, 7) is -0.333. The van der Waals surface area contributed by atoms with E-state index in [2.05, 4.69) is 10.1 Å². The van der Waals surface area contributed by atoms with E-state index in [-0.39, 0.29) is 18.0 Å². The highest BCUT2D eigenvalue weighted by Crippen LogP contribution is 2.19. The van der Waals surface area contributed by atoms with E-state index in [9.17, 15) is 14.7 Å². The van der Waals surface area contributed by atoms with Gasteiger partial charge in [0.15, 0.2) is 18.7 Å². The van der Waals surface area contributed by atoms with E-state index >= 15 is 0 Å². The Labute approximate surface area is 155 Å². The SMILES string of the molecule is [2H]C([2H])(c1noc(Cn2c(=O)n(C)c[n+](C)c2=O)n1)[C@@H](O)c1ccc(Cl)cc1. The van der Waals surface area contributed by atoms with Gasteiger partial charge in [-0.05, 0) is 17.7 Å². The highest BCUT2D eigenvalue weighted by atomic mass is 35.5. The van der Waals surface area contributed by atoms with E-state index in [0.29, 0.717) is 5.02 Å². The normalized spacial score (nSPS) is 14.0. The Kier molecular flexibility index (Phi) is 4.30. The fourth-order valence-electron chi connectivity index (χ4n) is 2.32. The van der Waals surface area contributed by atoms with Crippen molar-refractivity contribution in [2.45, 2.75) is 19.0 Å². The molecule has 0 saturated heterocycles. The second-order valence-corrected chi connectivity index (χ2v) is 6.04. The average Bonchev–Trinajstić information content (AvgIpc) is 3.13. The second kappa shape index (κ2) is 7.22. The molecule has 0 aliphatic rings. The molecule has 3 aromatic rings. The van der Waals surface area contributed by atoms with Crippen LogP contribution in [0.3, 0.4) is 0 Å². The Morgan fingerprint density at radius 1 is 1.38 bits per heavy atom. The van der Waals surface area contributed by atoms with Crippen molar-refractivity contribution in [1.82, 2.24) is 19.3 Å². The van der Waals surface area contributed by atoms with E-state index in [1.807, 2.05) is 0 Å². The van der Waals surface area contributed by atoms with Gasteiger partial charge in [0.2, 0.25) is 0 Å². The molecule has 0 aliphatic carbocycles. The smallest absolute Gasteiger partial charge is 0.388 e. The van der Waals surface area contributed by atoms with Gasteiger partial charge in [0.05, 0.1) is 20.2 Å². The monoisotopic (exact) mass is 380 g/mol. The predicted octanol–water partition coefficient (Wildman–Crippen LogP) is -0.268. The number of halogens is 1. The Balaban J connectivity index is 1.91. The summed E-state index contributed by atoms with van der Waals surface area (Å²) in [5.74, 6) is -0.553. The quantitative estimate of drug-likeness (QED) is 0.611. The maximum absolute atomic E-state index is 12.2. The Bertz CT molecular complexity index is 1090. The highest BCUT2D eigenvalue weighted by molar-refractivity contribution is 6.30. The molecule has 0 amide bonds. The summed E-state index contributed by atoms with van der Waals surface area (Å²) in [6.07, 6.45) is -2.63. The number of hydrogen-bond donors (Lipinski definition) is 1. The number of aliphatic hydroxyl groups is 1. The molecule has 0 aliphatic heterocycles. The van der Waals surface area contributed by atoms with Crippen molar-refractivity contribution in [3.63, 3.8) is 0 Å². The van der Waals surface area contributed by atoms with Gasteiger partial charge in [-0.1, -0.05) is 28.9 Å². The summed E-state index contributed by atoms with van der Waals surface area (Å²) >= 11 is 5.80. The van der Waals surface area contributed by atoms with Crippen LogP contribution in [0.4, 0.5) is 0 Å². The standard InChI is InChI=1S/C16H17ClN5O4/c1-20-9-21(2)16(25)22(15(20)24)8-14-18-13(19-26-14)7-12(23)10-3-5-11(17)6-4-10/h3-6,9,12,23H,7-8H2,1-2H3/q+1/t12-/m1/s1/i7D2. The molecule has 1 atom stereocenters. The summed E-state index contributed by atoms with van der Waals surface area (Å²) in [7, 11) is 2.97. The molecular formula is C16H17ClN5O4+. The molecule has 1 N–H and O–H groups in total. The summed E-state index contributed by atoms with van der Waals surface area (Å²) in [5.41, 5.74) is -0.903. The van der Waals surface area contributed by atoms with Crippen LogP contribution in [0.25, 0.3) is 0 Å². The number of rotatable bonds is 5. The zero-order chi connectivity index (χ0) is 20.6. The molecule has 2 heterocycles. The van der Waals surface area contributed by atoms with Gasteiger partial charge in [-0.2, -0.15) is 9.55 Å². The summed E-state index contributed by atoms with van der Waals surface area (Å²) < 4.78 is 24.6. The molecule has 26 heavy (non-hydrogen) atoms. The van der Waals surface area contributed by atoms with E-state index in [1.165, 1.54) is 53.8 Å². The first-order valence-electron chi connectivity index (χ1n) is 8.54. The van der Waals surface area contributed by atoms with E-state index < -0.39 is 29.7 Å². The van der Waals surface area contributed by atoms with Crippen LogP contribution in [0.2, 0.25) is 5.02 Å². The first-order valence-corrected chi connectivity index (χ1v) is 7.91. The highest BCUT2D eigenvalue weighted by Gasteiger charge is 2.19. The summed E-state index contributed by atoms with van der Waals surface area (Å²) in [6, 6.07) is 6.02. The Hall–Kier alpha value is -2.78. The van der Waals surface area contributed by atoms with Crippen molar-refractivity contribution in [1.29, 1.82) is 0 Å². The van der Waals surface area contributed by atoms with Gasteiger partial charge < -0.3 is 9.63 Å². The van der Waals surface area contributed by atoms with Gasteiger partial charge in [-0.15, -0.1) is 0 Å². The molecule has 9 nitrogen and oxygen atoms in total. The van der Waals surface area contributed by atoms with Gasteiger partial charge in [0, 0.05) is 14.1 Å². The molecule has 0 saturated carbocycles. The van der Waals surface area contributed by atoms with Crippen molar-refractivity contribution in [2.75, 3.05) is 0 Å². The maximum Gasteiger partial charge on any atom is 0.448 e. The average molecular weight is 381 g/mol. The zero-order valence-electron chi connectivity index (χ0n) is 16.0. The van der Waals surface area contributed by atoms with Gasteiger partial charge in [0.1, 0.15) is 0 Å². The molecule has 0 unspecified atom stereocenters. The number of aliphatic hydroxyl groups excluding tert-OH is 1. The van der Waals surface area contributed by atoms with Crippen LogP contribution in [-0.2, 0) is 27.0 Å². The number of aryl methyl sites for hydroxylation is 2. The third-order valence-corrected chi connectivity index (χ3v) is 3.88. The van der Waals surface area contributed by atoms with Crippen LogP contribution in [0.1, 0.15) is 26.1 Å². The molecule has 3 rings (SSSR count). The van der Waals surface area contributed by atoms with Gasteiger partial charge in [-0.25, -0.2) is 18.7 Å². The predicted molar refractivity (Wildman–Crippen MR) is 90.6 cm³/mol. The van der Waals surface area contributed by atoms with Crippen LogP contribution in [0.15, 0.2) is 44.7 Å². The second-order valence-electron chi connectivity index (χ2n) is 5.60. The Morgan fingerprint density at radius 3 is 2.77 bits per heavy atom. The number of hydrogen-bond acceptors (Lipinski definition) is 6. The topological polar surface area (TPSA) is 107 Å². The molecule has 0 fully saturated rings. The minimum absolute atomic E-state index is 0.146. The lowest BCUT2D eigenvalue weighted by molar-refractivity contribution is -0.696. The third-order valence-electron chi connectivity index (χ3n) is 3.62. The molecule has 0 spiro atoms. The first kappa shape index (κ1) is 15.5. The van der Waals surface area contributed by atoms with Crippen LogP contribution in [0, 0.1) is 0 Å². The van der Waals surface area contributed by atoms with Crippen LogP contribution in [0.5, 0.6) is 0 Å². The lowest BCUT2D eigenvalue weighted by atomic mass is 10.1. The molecule has 0 bridgehead atoms. The van der Waals surface area contributed by atoms with Gasteiger partial charge >= 0.3 is 11.4 Å². The van der Waals surface area contributed by atoms with Gasteiger partial charge in [0.25, 0.3) is 5.89 Å². The summed E-state index contributed by atoms with van der Waals surface area (Å²) in [4.78, 5) is 28.3. The molecule has 2 aromatic heterocycles. The largest absolute Gasteiger partial charge is 0.448 e. The third kappa shape index (κ3) is 3.73. The molecule has 0 radical (unpaired) electrons. The van der Waals surface area contributed by atoms with E-state index in [0.717, 1.165) is 4.57 Å². The van der Waals surface area contributed by atoms with Crippen molar-refractivity contribution in [2.24, 2.45) is 14.1 Å². The van der Waals surface area contributed by atoms with Crippen LogP contribution in [-0.4, -0.2) is 24.4 Å². The lowest BCUT2D eigenvalue weighted by Gasteiger charge is -2.07. The first-order chi connectivity index (χ1) is 13.1. The Morgan fingerprint density at radius 2 is 2.08 bits per heavy atom. The lowest BCUT2D eigenvalue weighted by Crippen LogP contribution is -2.58.